The fourth-order valence-electron chi connectivity index (χ4n) is 1.51. The molecule has 2 atom stereocenters. The molecular formula is C9H17NO. The summed E-state index contributed by atoms with van der Waals surface area (Å²) in [4.78, 5) is 13.4. The molecule has 1 saturated heterocycles. The van der Waals surface area contributed by atoms with Crippen LogP contribution in [0.2, 0.25) is 0 Å². The van der Waals surface area contributed by atoms with E-state index in [1.165, 1.54) is 0 Å². The van der Waals surface area contributed by atoms with Gasteiger partial charge in [-0.3, -0.25) is 4.79 Å². The third-order valence-electron chi connectivity index (χ3n) is 2.63. The zero-order valence-electron chi connectivity index (χ0n) is 7.63. The standard InChI is InChI=1S/C9H17NO/c1-4-8(3)10-6-5-7(2)9(10)11/h7-8H,4-6H2,1-3H3. The van der Waals surface area contributed by atoms with Crippen LogP contribution in [-0.4, -0.2) is 23.4 Å². The van der Waals surface area contributed by atoms with Gasteiger partial charge in [-0.2, -0.15) is 0 Å². The highest BCUT2D eigenvalue weighted by molar-refractivity contribution is 5.80. The van der Waals surface area contributed by atoms with Gasteiger partial charge in [0.15, 0.2) is 0 Å². The Balaban J connectivity index is 2.54. The van der Waals surface area contributed by atoms with Crippen molar-refractivity contribution in [2.45, 2.75) is 39.7 Å². The lowest BCUT2D eigenvalue weighted by molar-refractivity contribution is -0.132. The normalized spacial score (nSPS) is 27.7. The van der Waals surface area contributed by atoms with E-state index in [1.54, 1.807) is 0 Å². The Kier molecular flexibility index (Phi) is 2.53. The van der Waals surface area contributed by atoms with E-state index in [4.69, 9.17) is 0 Å². The summed E-state index contributed by atoms with van der Waals surface area (Å²) in [5.74, 6) is 0.614. The van der Waals surface area contributed by atoms with Crippen molar-refractivity contribution in [3.63, 3.8) is 0 Å². The number of hydrogen-bond acceptors (Lipinski definition) is 1. The third-order valence-corrected chi connectivity index (χ3v) is 2.63. The van der Waals surface area contributed by atoms with Gasteiger partial charge in [0.1, 0.15) is 0 Å². The van der Waals surface area contributed by atoms with Gasteiger partial charge < -0.3 is 4.90 Å². The van der Waals surface area contributed by atoms with E-state index in [-0.39, 0.29) is 5.92 Å². The van der Waals surface area contributed by atoms with Crippen LogP contribution in [0.25, 0.3) is 0 Å². The van der Waals surface area contributed by atoms with Gasteiger partial charge in [0.05, 0.1) is 0 Å². The van der Waals surface area contributed by atoms with Crippen LogP contribution >= 0.6 is 0 Å². The van der Waals surface area contributed by atoms with E-state index in [2.05, 4.69) is 13.8 Å². The predicted octanol–water partition coefficient (Wildman–Crippen LogP) is 1.65. The molecule has 1 amide bonds. The molecule has 0 spiro atoms. The first-order chi connectivity index (χ1) is 5.16. The summed E-state index contributed by atoms with van der Waals surface area (Å²) in [6.07, 6.45) is 2.11. The number of likely N-dealkylation sites (tertiary alicyclic amines) is 1. The summed E-state index contributed by atoms with van der Waals surface area (Å²) in [5.41, 5.74) is 0. The molecule has 0 N–H and O–H groups in total. The number of carbonyl (C=O) groups is 1. The molecule has 1 rings (SSSR count). The molecule has 1 heterocycles. The highest BCUT2D eigenvalue weighted by atomic mass is 16.2. The molecule has 64 valence electrons. The quantitative estimate of drug-likeness (QED) is 0.594. The number of nitrogens with zero attached hydrogens (tertiary/aromatic N) is 1. The lowest BCUT2D eigenvalue weighted by atomic mass is 10.1. The van der Waals surface area contributed by atoms with E-state index in [0.717, 1.165) is 19.4 Å². The van der Waals surface area contributed by atoms with Gasteiger partial charge in [-0.25, -0.2) is 0 Å². The second-order valence-electron chi connectivity index (χ2n) is 3.48. The molecular weight excluding hydrogens is 138 g/mol. The number of rotatable bonds is 2. The summed E-state index contributed by atoms with van der Waals surface area (Å²) >= 11 is 0. The highest BCUT2D eigenvalue weighted by Crippen LogP contribution is 2.20. The monoisotopic (exact) mass is 155 g/mol. The average Bonchev–Trinajstić information content (AvgIpc) is 2.32. The van der Waals surface area contributed by atoms with E-state index < -0.39 is 0 Å². The Bertz CT molecular complexity index is 156. The SMILES string of the molecule is CCC(C)N1CCC(C)C1=O. The molecule has 1 aliphatic rings. The third kappa shape index (κ3) is 1.55. The van der Waals surface area contributed by atoms with Crippen LogP contribution in [0.1, 0.15) is 33.6 Å². The van der Waals surface area contributed by atoms with Crippen LogP contribution < -0.4 is 0 Å². The fraction of sp³-hybridized carbons (Fsp3) is 0.889. The van der Waals surface area contributed by atoms with Gasteiger partial charge in [-0.05, 0) is 19.8 Å². The summed E-state index contributed by atoms with van der Waals surface area (Å²) in [6, 6.07) is 0.437. The zero-order valence-corrected chi connectivity index (χ0v) is 7.63. The summed E-state index contributed by atoms with van der Waals surface area (Å²) in [6.45, 7) is 7.23. The van der Waals surface area contributed by atoms with E-state index >= 15 is 0 Å². The molecule has 0 saturated carbocycles. The van der Waals surface area contributed by atoms with Gasteiger partial charge in [-0.15, -0.1) is 0 Å². The molecule has 2 unspecified atom stereocenters. The average molecular weight is 155 g/mol. The van der Waals surface area contributed by atoms with Crippen molar-refractivity contribution < 1.29 is 4.79 Å². The Labute approximate surface area is 68.6 Å². The van der Waals surface area contributed by atoms with Gasteiger partial charge in [0.25, 0.3) is 0 Å². The molecule has 11 heavy (non-hydrogen) atoms. The molecule has 2 nitrogen and oxygen atoms in total. The molecule has 2 heteroatoms. The smallest absolute Gasteiger partial charge is 0.225 e. The van der Waals surface area contributed by atoms with E-state index in [1.807, 2.05) is 11.8 Å². The van der Waals surface area contributed by atoms with Gasteiger partial charge in [-0.1, -0.05) is 13.8 Å². The van der Waals surface area contributed by atoms with Crippen molar-refractivity contribution in [2.24, 2.45) is 5.92 Å². The van der Waals surface area contributed by atoms with Crippen molar-refractivity contribution in [1.82, 2.24) is 4.90 Å². The van der Waals surface area contributed by atoms with Gasteiger partial charge in [0, 0.05) is 18.5 Å². The first kappa shape index (κ1) is 8.57. The number of carbonyl (C=O) groups excluding carboxylic acids is 1. The van der Waals surface area contributed by atoms with Gasteiger partial charge in [0.2, 0.25) is 5.91 Å². The van der Waals surface area contributed by atoms with Crippen molar-refractivity contribution >= 4 is 5.91 Å². The minimum absolute atomic E-state index is 0.268. The first-order valence-corrected chi connectivity index (χ1v) is 4.47. The number of amides is 1. The summed E-state index contributed by atoms with van der Waals surface area (Å²) < 4.78 is 0. The van der Waals surface area contributed by atoms with Crippen molar-refractivity contribution in [3.8, 4) is 0 Å². The van der Waals surface area contributed by atoms with Crippen molar-refractivity contribution in [1.29, 1.82) is 0 Å². The second kappa shape index (κ2) is 3.24. The molecule has 1 aliphatic heterocycles. The van der Waals surface area contributed by atoms with Crippen LogP contribution in [0, 0.1) is 5.92 Å². The molecule has 1 fully saturated rings. The topological polar surface area (TPSA) is 20.3 Å². The highest BCUT2D eigenvalue weighted by Gasteiger charge is 2.30. The Hall–Kier alpha value is -0.530. The maximum atomic E-state index is 11.4. The van der Waals surface area contributed by atoms with Crippen LogP contribution in [0.15, 0.2) is 0 Å². The summed E-state index contributed by atoms with van der Waals surface area (Å²) in [5, 5.41) is 0. The summed E-state index contributed by atoms with van der Waals surface area (Å²) in [7, 11) is 0. The molecule has 0 aromatic rings. The van der Waals surface area contributed by atoms with Crippen LogP contribution in [0.3, 0.4) is 0 Å². The maximum Gasteiger partial charge on any atom is 0.225 e. The number of hydrogen-bond donors (Lipinski definition) is 0. The van der Waals surface area contributed by atoms with Crippen LogP contribution in [-0.2, 0) is 4.79 Å². The predicted molar refractivity (Wildman–Crippen MR) is 45.2 cm³/mol. The Morgan fingerprint density at radius 3 is 2.73 bits per heavy atom. The minimum atomic E-state index is 0.268. The molecule has 0 radical (unpaired) electrons. The maximum absolute atomic E-state index is 11.4. The minimum Gasteiger partial charge on any atom is -0.340 e. The van der Waals surface area contributed by atoms with E-state index in [9.17, 15) is 4.79 Å². The molecule has 0 bridgehead atoms. The van der Waals surface area contributed by atoms with Crippen LogP contribution in [0.5, 0.6) is 0 Å². The molecule has 0 aromatic carbocycles. The Morgan fingerprint density at radius 2 is 2.36 bits per heavy atom. The molecule has 0 aromatic heterocycles. The second-order valence-corrected chi connectivity index (χ2v) is 3.48. The van der Waals surface area contributed by atoms with Gasteiger partial charge >= 0.3 is 0 Å². The lowest BCUT2D eigenvalue weighted by Crippen LogP contribution is -2.34. The van der Waals surface area contributed by atoms with Crippen LogP contribution in [0.4, 0.5) is 0 Å². The Morgan fingerprint density at radius 1 is 1.73 bits per heavy atom. The largest absolute Gasteiger partial charge is 0.340 e. The zero-order chi connectivity index (χ0) is 8.43. The van der Waals surface area contributed by atoms with Crippen molar-refractivity contribution in [2.75, 3.05) is 6.54 Å². The lowest BCUT2D eigenvalue weighted by Gasteiger charge is -2.23. The fourth-order valence-corrected chi connectivity index (χ4v) is 1.51. The molecule has 0 aliphatic carbocycles. The first-order valence-electron chi connectivity index (χ1n) is 4.47. The van der Waals surface area contributed by atoms with Crippen molar-refractivity contribution in [3.05, 3.63) is 0 Å². The van der Waals surface area contributed by atoms with E-state index in [0.29, 0.717) is 11.9 Å².